The number of benzene rings is 1. The maximum Gasteiger partial charge on any atom is 0.433 e. The summed E-state index contributed by atoms with van der Waals surface area (Å²) in [5.41, 5.74) is 0.278. The second kappa shape index (κ2) is 9.97. The Morgan fingerprint density at radius 3 is 2.42 bits per heavy atom. The van der Waals surface area contributed by atoms with Crippen LogP contribution in [0.3, 0.4) is 0 Å². The van der Waals surface area contributed by atoms with Gasteiger partial charge in [0, 0.05) is 11.8 Å². The van der Waals surface area contributed by atoms with Gasteiger partial charge in [-0.1, -0.05) is 18.2 Å². The number of hydrogen-bond acceptors (Lipinski definition) is 7. The zero-order valence-electron chi connectivity index (χ0n) is 21.5. The fourth-order valence-electron chi connectivity index (χ4n) is 3.80. The largest absolute Gasteiger partial charge is 0.471 e. The predicted octanol–water partition coefficient (Wildman–Crippen LogP) is 4.83. The molecule has 0 saturated carbocycles. The van der Waals surface area contributed by atoms with E-state index in [9.17, 15) is 23.1 Å². The van der Waals surface area contributed by atoms with Crippen LogP contribution in [0.1, 0.15) is 48.0 Å². The number of aromatic nitrogens is 5. The molecule has 0 aliphatic carbocycles. The topological polar surface area (TPSA) is 103 Å². The van der Waals surface area contributed by atoms with Gasteiger partial charge in [-0.15, -0.1) is 0 Å². The van der Waals surface area contributed by atoms with Crippen LogP contribution in [0.25, 0.3) is 16.9 Å². The molecule has 3 heterocycles. The minimum Gasteiger partial charge on any atom is -0.471 e. The summed E-state index contributed by atoms with van der Waals surface area (Å²) < 4.78 is 46.0. The molecule has 0 unspecified atom stereocenters. The molecule has 0 aliphatic heterocycles. The average Bonchev–Trinajstić information content (AvgIpc) is 2.86. The van der Waals surface area contributed by atoms with Crippen LogP contribution < -0.4 is 10.3 Å². The third-order valence-electron chi connectivity index (χ3n) is 5.83. The van der Waals surface area contributed by atoms with E-state index in [1.807, 2.05) is 19.1 Å². The Morgan fingerprint density at radius 1 is 1.00 bits per heavy atom. The number of aryl methyl sites for hydroxylation is 2. The van der Waals surface area contributed by atoms with Crippen LogP contribution in [-0.2, 0) is 18.4 Å². The number of ether oxygens (including phenoxy) is 1. The van der Waals surface area contributed by atoms with Crippen molar-refractivity contribution in [3.63, 3.8) is 0 Å². The summed E-state index contributed by atoms with van der Waals surface area (Å²) in [7, 11) is 0. The van der Waals surface area contributed by atoms with Crippen LogP contribution >= 0.6 is 0 Å². The third kappa shape index (κ3) is 5.57. The summed E-state index contributed by atoms with van der Waals surface area (Å²) in [6, 6.07) is 10.7. The van der Waals surface area contributed by atoms with Gasteiger partial charge >= 0.3 is 6.18 Å². The van der Waals surface area contributed by atoms with Crippen LogP contribution in [0.2, 0.25) is 0 Å². The Balaban J connectivity index is 1.69. The summed E-state index contributed by atoms with van der Waals surface area (Å²) in [6.07, 6.45) is -3.01. The lowest BCUT2D eigenvalue weighted by molar-refractivity contribution is -0.141. The minimum absolute atomic E-state index is 0.0161. The van der Waals surface area contributed by atoms with Gasteiger partial charge in [-0.25, -0.2) is 15.0 Å². The maximum atomic E-state index is 13.4. The van der Waals surface area contributed by atoms with E-state index in [1.54, 1.807) is 46.0 Å². The maximum absolute atomic E-state index is 13.4. The lowest BCUT2D eigenvalue weighted by atomic mass is 10.1. The van der Waals surface area contributed by atoms with Crippen molar-refractivity contribution in [2.75, 3.05) is 0 Å². The molecule has 0 spiro atoms. The summed E-state index contributed by atoms with van der Waals surface area (Å²) in [5.74, 6) is 0.606. The third-order valence-corrected chi connectivity index (χ3v) is 5.83. The zero-order valence-corrected chi connectivity index (χ0v) is 21.5. The van der Waals surface area contributed by atoms with Crippen LogP contribution in [0.4, 0.5) is 13.2 Å². The summed E-state index contributed by atoms with van der Waals surface area (Å²) >= 11 is 0. The number of pyridine rings is 1. The molecule has 0 bridgehead atoms. The highest BCUT2D eigenvalue weighted by Crippen LogP contribution is 2.28. The average molecular weight is 526 g/mol. The van der Waals surface area contributed by atoms with Crippen LogP contribution in [0.15, 0.2) is 53.5 Å². The van der Waals surface area contributed by atoms with Gasteiger partial charge in [-0.05, 0) is 64.4 Å². The van der Waals surface area contributed by atoms with E-state index in [-0.39, 0.29) is 35.1 Å². The van der Waals surface area contributed by atoms with Crippen molar-refractivity contribution in [3.8, 4) is 22.8 Å². The molecule has 0 radical (unpaired) electrons. The van der Waals surface area contributed by atoms with Crippen LogP contribution in [0.5, 0.6) is 5.88 Å². The van der Waals surface area contributed by atoms with Crippen molar-refractivity contribution < 1.29 is 23.0 Å². The molecule has 38 heavy (non-hydrogen) atoms. The molecule has 3 aromatic heterocycles. The molecule has 1 N–H and O–H groups in total. The standard InChI is InChI=1S/C27H26F3N5O3/c1-15-9-10-18(20-11-12-31-25(34-20)26(4,5)37)13-21(15)35-17(3)32-23(16(2)24(35)36)38-14-19-7-6-8-22(33-19)27(28,29)30/h6-13,37H,14H2,1-5H3. The quantitative estimate of drug-likeness (QED) is 0.384. The Kier molecular flexibility index (Phi) is 7.07. The molecule has 0 atom stereocenters. The Bertz CT molecular complexity index is 1560. The zero-order chi connectivity index (χ0) is 27.8. The second-order valence-electron chi connectivity index (χ2n) is 9.36. The normalized spacial score (nSPS) is 12.0. The molecule has 4 aromatic rings. The number of aliphatic hydroxyl groups is 1. The molecule has 11 heteroatoms. The Morgan fingerprint density at radius 2 is 1.74 bits per heavy atom. The Hall–Kier alpha value is -4.12. The van der Waals surface area contributed by atoms with E-state index in [4.69, 9.17) is 4.74 Å². The van der Waals surface area contributed by atoms with Crippen LogP contribution in [0, 0.1) is 20.8 Å². The lowest BCUT2D eigenvalue weighted by Crippen LogP contribution is -2.26. The van der Waals surface area contributed by atoms with Gasteiger partial charge in [0.25, 0.3) is 5.56 Å². The fourth-order valence-corrected chi connectivity index (χ4v) is 3.80. The molecule has 0 saturated heterocycles. The molecule has 4 rings (SSSR count). The van der Waals surface area contributed by atoms with E-state index in [1.165, 1.54) is 16.7 Å². The lowest BCUT2D eigenvalue weighted by Gasteiger charge is -2.18. The summed E-state index contributed by atoms with van der Waals surface area (Å²) in [5, 5.41) is 10.3. The second-order valence-corrected chi connectivity index (χ2v) is 9.36. The molecule has 1 aromatic carbocycles. The van der Waals surface area contributed by atoms with Gasteiger partial charge in [-0.2, -0.15) is 18.2 Å². The first-order chi connectivity index (χ1) is 17.8. The highest BCUT2D eigenvalue weighted by molar-refractivity contribution is 5.64. The number of hydrogen-bond donors (Lipinski definition) is 1. The Labute approximate surface area is 216 Å². The molecule has 0 fully saturated rings. The first-order valence-electron chi connectivity index (χ1n) is 11.7. The minimum atomic E-state index is -4.57. The van der Waals surface area contributed by atoms with E-state index < -0.39 is 17.5 Å². The number of halogens is 3. The molecular weight excluding hydrogens is 499 g/mol. The molecule has 8 nitrogen and oxygen atoms in total. The summed E-state index contributed by atoms with van der Waals surface area (Å²) in [4.78, 5) is 30.0. The number of rotatable bonds is 6. The van der Waals surface area contributed by atoms with Crippen molar-refractivity contribution >= 4 is 0 Å². The molecule has 0 amide bonds. The first kappa shape index (κ1) is 26.9. The predicted molar refractivity (Wildman–Crippen MR) is 134 cm³/mol. The van der Waals surface area contributed by atoms with E-state index >= 15 is 0 Å². The number of alkyl halides is 3. The molecule has 198 valence electrons. The SMILES string of the molecule is Cc1ccc(-c2ccnc(C(C)(C)O)n2)cc1-n1c(C)nc(OCc2cccc(C(F)(F)F)n2)c(C)c1=O. The van der Waals surface area contributed by atoms with E-state index in [2.05, 4.69) is 19.9 Å². The van der Waals surface area contributed by atoms with Crippen LogP contribution in [-0.4, -0.2) is 29.6 Å². The number of nitrogens with zero attached hydrogens (tertiary/aromatic N) is 5. The highest BCUT2D eigenvalue weighted by atomic mass is 19.4. The van der Waals surface area contributed by atoms with Crippen molar-refractivity contribution in [1.29, 1.82) is 0 Å². The summed E-state index contributed by atoms with van der Waals surface area (Å²) in [6.45, 7) is 7.94. The van der Waals surface area contributed by atoms with Gasteiger partial charge in [0.05, 0.1) is 22.6 Å². The van der Waals surface area contributed by atoms with Crippen molar-refractivity contribution in [3.05, 3.63) is 93.2 Å². The smallest absolute Gasteiger partial charge is 0.433 e. The van der Waals surface area contributed by atoms with Gasteiger partial charge < -0.3 is 9.84 Å². The molecular formula is C27H26F3N5O3. The van der Waals surface area contributed by atoms with Crippen molar-refractivity contribution in [1.82, 2.24) is 24.5 Å². The highest BCUT2D eigenvalue weighted by Gasteiger charge is 2.32. The van der Waals surface area contributed by atoms with E-state index in [0.717, 1.165) is 11.6 Å². The van der Waals surface area contributed by atoms with E-state index in [0.29, 0.717) is 22.8 Å². The monoisotopic (exact) mass is 525 g/mol. The van der Waals surface area contributed by atoms with Crippen molar-refractivity contribution in [2.45, 2.75) is 53.0 Å². The van der Waals surface area contributed by atoms with Gasteiger partial charge in [0.1, 0.15) is 23.7 Å². The van der Waals surface area contributed by atoms with Gasteiger partial charge in [0.15, 0.2) is 5.82 Å². The molecule has 0 aliphatic rings. The van der Waals surface area contributed by atoms with Crippen molar-refractivity contribution in [2.24, 2.45) is 0 Å². The van der Waals surface area contributed by atoms with Gasteiger partial charge in [-0.3, -0.25) is 9.36 Å². The first-order valence-corrected chi connectivity index (χ1v) is 11.7. The fraction of sp³-hybridized carbons (Fsp3) is 0.296. The van der Waals surface area contributed by atoms with Gasteiger partial charge in [0.2, 0.25) is 5.88 Å².